The molecule has 0 heterocycles. The minimum atomic E-state index is -0.871. The fraction of sp³-hybridized carbons (Fsp3) is 0.179. The first-order valence-electron chi connectivity index (χ1n) is 14.8. The average Bonchev–Trinajstić information content (AvgIpc) is 3.05. The van der Waals surface area contributed by atoms with Gasteiger partial charge in [-0.25, -0.2) is 4.79 Å². The van der Waals surface area contributed by atoms with Gasteiger partial charge < -0.3 is 14.2 Å². The molecule has 0 saturated carbocycles. The van der Waals surface area contributed by atoms with Crippen molar-refractivity contribution in [1.29, 1.82) is 0 Å². The van der Waals surface area contributed by atoms with Crippen LogP contribution in [-0.4, -0.2) is 18.5 Å². The average molecular weight is 581 g/mol. The summed E-state index contributed by atoms with van der Waals surface area (Å²) in [6.07, 6.45) is 0. The van der Waals surface area contributed by atoms with Crippen LogP contribution in [0.15, 0.2) is 121 Å². The molecule has 0 unspecified atom stereocenters. The maximum Gasteiger partial charge on any atom is 0.343 e. The molecule has 5 nitrogen and oxygen atoms in total. The van der Waals surface area contributed by atoms with Gasteiger partial charge in [-0.3, -0.25) is 4.79 Å². The van der Waals surface area contributed by atoms with E-state index in [0.29, 0.717) is 17.1 Å². The maximum absolute atomic E-state index is 13.5. The van der Waals surface area contributed by atoms with Crippen LogP contribution < -0.4 is 14.2 Å². The Morgan fingerprint density at radius 3 is 1.82 bits per heavy atom. The second-order valence-corrected chi connectivity index (χ2v) is 12.4. The number of hydrogen-bond acceptors (Lipinski definition) is 5. The Morgan fingerprint density at radius 2 is 1.20 bits per heavy atom. The van der Waals surface area contributed by atoms with Crippen molar-refractivity contribution in [2.45, 2.75) is 32.1 Å². The Kier molecular flexibility index (Phi) is 6.62. The Morgan fingerprint density at radius 1 is 0.659 bits per heavy atom. The lowest BCUT2D eigenvalue weighted by atomic mass is 9.53. The largest absolute Gasteiger partial charge is 0.492 e. The van der Waals surface area contributed by atoms with E-state index in [-0.39, 0.29) is 18.5 Å². The zero-order chi connectivity index (χ0) is 30.5. The lowest BCUT2D eigenvalue weighted by molar-refractivity contribution is -0.143. The van der Waals surface area contributed by atoms with Crippen LogP contribution in [0.5, 0.6) is 17.2 Å². The third-order valence-corrected chi connectivity index (χ3v) is 8.57. The standard InChI is InChI=1S/C39H32O5/c1-38(2,3)37(41)44-31-22-23-32(43-36(40)25-14-6-4-7-15-25)35-34(31)33-27-18-10-12-20-29(27)39(35,30-21-13-11-19-28(30)33)24-42-26-16-8-5-9-17-26/h4-23,33H,24H2,1-3H3. The number of para-hydroxylation sites is 1. The minimum Gasteiger partial charge on any atom is -0.492 e. The van der Waals surface area contributed by atoms with Crippen LogP contribution in [0.4, 0.5) is 0 Å². The molecule has 0 radical (unpaired) electrons. The summed E-state index contributed by atoms with van der Waals surface area (Å²) in [5, 5.41) is 0. The van der Waals surface area contributed by atoms with Crippen LogP contribution in [0.2, 0.25) is 0 Å². The van der Waals surface area contributed by atoms with E-state index < -0.39 is 16.8 Å². The van der Waals surface area contributed by atoms with Crippen molar-refractivity contribution < 1.29 is 23.8 Å². The van der Waals surface area contributed by atoms with E-state index in [1.54, 1.807) is 24.3 Å². The summed E-state index contributed by atoms with van der Waals surface area (Å²) in [7, 11) is 0. The van der Waals surface area contributed by atoms with E-state index in [4.69, 9.17) is 14.2 Å². The van der Waals surface area contributed by atoms with E-state index in [0.717, 1.165) is 39.1 Å². The molecule has 5 aromatic rings. The number of benzene rings is 5. The summed E-state index contributed by atoms with van der Waals surface area (Å²) in [4.78, 5) is 26.9. The number of carbonyl (C=O) groups excluding carboxylic acids is 2. The van der Waals surface area contributed by atoms with Gasteiger partial charge in [0, 0.05) is 17.0 Å². The van der Waals surface area contributed by atoms with Crippen LogP contribution >= 0.6 is 0 Å². The highest BCUT2D eigenvalue weighted by Gasteiger charge is 2.55. The summed E-state index contributed by atoms with van der Waals surface area (Å²) >= 11 is 0. The minimum absolute atomic E-state index is 0.233. The van der Waals surface area contributed by atoms with Gasteiger partial charge in [0.2, 0.25) is 0 Å². The number of esters is 2. The first-order chi connectivity index (χ1) is 21.3. The summed E-state index contributed by atoms with van der Waals surface area (Å²) in [6, 6.07) is 38.8. The van der Waals surface area contributed by atoms with Crippen LogP contribution in [-0.2, 0) is 10.2 Å². The molecule has 3 aliphatic rings. The van der Waals surface area contributed by atoms with Gasteiger partial charge >= 0.3 is 11.9 Å². The molecule has 0 aliphatic heterocycles. The molecule has 0 atom stereocenters. The molecule has 3 aliphatic carbocycles. The van der Waals surface area contributed by atoms with Crippen LogP contribution in [0.25, 0.3) is 0 Å². The molecule has 0 aromatic heterocycles. The van der Waals surface area contributed by atoms with E-state index >= 15 is 0 Å². The van der Waals surface area contributed by atoms with Crippen molar-refractivity contribution >= 4 is 11.9 Å². The van der Waals surface area contributed by atoms with Crippen molar-refractivity contribution in [3.05, 3.63) is 160 Å². The molecule has 0 N–H and O–H groups in total. The van der Waals surface area contributed by atoms with Gasteiger partial charge in [0.15, 0.2) is 0 Å². The number of hydrogen-bond donors (Lipinski definition) is 0. The third kappa shape index (κ3) is 4.39. The van der Waals surface area contributed by atoms with Gasteiger partial charge in [-0.1, -0.05) is 84.9 Å². The third-order valence-electron chi connectivity index (χ3n) is 8.57. The van der Waals surface area contributed by atoms with Crippen LogP contribution in [0.1, 0.15) is 70.4 Å². The molecule has 8 rings (SSSR count). The van der Waals surface area contributed by atoms with Crippen molar-refractivity contribution in [2.75, 3.05) is 6.61 Å². The van der Waals surface area contributed by atoms with Crippen molar-refractivity contribution in [2.24, 2.45) is 5.41 Å². The number of rotatable bonds is 6. The molecule has 218 valence electrons. The Hall–Kier alpha value is -5.16. The molecule has 0 saturated heterocycles. The van der Waals surface area contributed by atoms with Crippen molar-refractivity contribution in [3.63, 3.8) is 0 Å². The summed E-state index contributed by atoms with van der Waals surface area (Å²) in [5.74, 6) is 0.548. The first-order valence-corrected chi connectivity index (χ1v) is 14.8. The zero-order valence-corrected chi connectivity index (χ0v) is 24.9. The van der Waals surface area contributed by atoms with E-state index in [1.165, 1.54) is 0 Å². The van der Waals surface area contributed by atoms with E-state index in [2.05, 4.69) is 24.3 Å². The van der Waals surface area contributed by atoms with Crippen molar-refractivity contribution in [1.82, 2.24) is 0 Å². The fourth-order valence-corrected chi connectivity index (χ4v) is 6.57. The molecule has 0 amide bonds. The van der Waals surface area contributed by atoms with Gasteiger partial charge in [-0.05, 0) is 79.4 Å². The van der Waals surface area contributed by atoms with E-state index in [1.807, 2.05) is 93.6 Å². The highest BCUT2D eigenvalue weighted by atomic mass is 16.5. The normalized spacial score (nSPS) is 17.6. The zero-order valence-electron chi connectivity index (χ0n) is 24.9. The highest BCUT2D eigenvalue weighted by molar-refractivity contribution is 5.92. The van der Waals surface area contributed by atoms with Crippen LogP contribution in [0, 0.1) is 5.41 Å². The highest BCUT2D eigenvalue weighted by Crippen LogP contribution is 2.63. The monoisotopic (exact) mass is 580 g/mol. The summed E-state index contributed by atoms with van der Waals surface area (Å²) in [5.41, 5.74) is 4.80. The fourth-order valence-electron chi connectivity index (χ4n) is 6.57. The SMILES string of the molecule is CC(C)(C)C(=O)Oc1ccc(OC(=O)c2ccccc2)c2c1C1c3ccccc3C2(COc2ccccc2)c2ccccc21. The van der Waals surface area contributed by atoms with Gasteiger partial charge in [-0.2, -0.15) is 0 Å². The van der Waals surface area contributed by atoms with Gasteiger partial charge in [-0.15, -0.1) is 0 Å². The van der Waals surface area contributed by atoms with Gasteiger partial charge in [0.05, 0.1) is 16.4 Å². The predicted molar refractivity (Wildman–Crippen MR) is 169 cm³/mol. The smallest absolute Gasteiger partial charge is 0.343 e. The number of ether oxygens (including phenoxy) is 3. The van der Waals surface area contributed by atoms with Crippen LogP contribution in [0.3, 0.4) is 0 Å². The Balaban J connectivity index is 1.50. The van der Waals surface area contributed by atoms with Gasteiger partial charge in [0.1, 0.15) is 23.9 Å². The first kappa shape index (κ1) is 27.7. The van der Waals surface area contributed by atoms with Gasteiger partial charge in [0.25, 0.3) is 0 Å². The molecule has 5 aromatic carbocycles. The molecule has 0 fully saturated rings. The maximum atomic E-state index is 13.5. The topological polar surface area (TPSA) is 61.8 Å². The molecule has 0 spiro atoms. The Labute approximate surface area is 257 Å². The lowest BCUT2D eigenvalue weighted by Crippen LogP contribution is -2.47. The quantitative estimate of drug-likeness (QED) is 0.150. The van der Waals surface area contributed by atoms with E-state index in [9.17, 15) is 9.59 Å². The summed E-state index contributed by atoms with van der Waals surface area (Å²) < 4.78 is 19.0. The number of carbonyl (C=O) groups is 2. The summed E-state index contributed by atoms with van der Waals surface area (Å²) in [6.45, 7) is 5.74. The van der Waals surface area contributed by atoms with Crippen molar-refractivity contribution in [3.8, 4) is 17.2 Å². The molecular weight excluding hydrogens is 548 g/mol. The molecular formula is C39H32O5. The molecule has 44 heavy (non-hydrogen) atoms. The predicted octanol–water partition coefficient (Wildman–Crippen LogP) is 8.08. The lowest BCUT2D eigenvalue weighted by Gasteiger charge is -2.50. The second kappa shape index (κ2) is 10.5. The molecule has 2 bridgehead atoms. The molecule has 5 heteroatoms. The Bertz CT molecular complexity index is 1840. The second-order valence-electron chi connectivity index (χ2n) is 12.4.